The van der Waals surface area contributed by atoms with Gasteiger partial charge < -0.3 is 10.1 Å². The first-order chi connectivity index (χ1) is 16.1. The Kier molecular flexibility index (Phi) is 6.24. The molecular formula is C26H26FN3O2S. The second-order valence-corrected chi connectivity index (χ2v) is 9.53. The summed E-state index contributed by atoms with van der Waals surface area (Å²) in [4.78, 5) is 20.1. The minimum atomic E-state index is -0.202. The van der Waals surface area contributed by atoms with Gasteiger partial charge >= 0.3 is 0 Å². The fourth-order valence-electron chi connectivity index (χ4n) is 4.58. The Bertz CT molecular complexity index is 1330. The summed E-state index contributed by atoms with van der Waals surface area (Å²) >= 11 is 1.64. The Labute approximate surface area is 195 Å². The predicted molar refractivity (Wildman–Crippen MR) is 130 cm³/mol. The van der Waals surface area contributed by atoms with Crippen molar-refractivity contribution in [3.63, 3.8) is 0 Å². The lowest BCUT2D eigenvalue weighted by molar-refractivity contribution is 0.408. The van der Waals surface area contributed by atoms with Crippen LogP contribution in [0.15, 0.2) is 59.7 Å². The standard InChI is InChI=1S/C26H26FN3O2S/c1-32-22-5-3-2-4-18(22)15-30-16-29-25-24(26(30)31)21-11-10-20(14-23(21)33-25)28-13-12-17-6-8-19(27)9-7-17/h2-9,16,20,28H,10-15H2,1H3. The molecule has 5 rings (SSSR count). The molecule has 5 nitrogen and oxygen atoms in total. The van der Waals surface area contributed by atoms with E-state index in [1.807, 2.05) is 36.4 Å². The number of nitrogens with one attached hydrogen (secondary N) is 1. The minimum Gasteiger partial charge on any atom is -0.496 e. The summed E-state index contributed by atoms with van der Waals surface area (Å²) in [6.45, 7) is 1.28. The number of hydrogen-bond acceptors (Lipinski definition) is 5. The van der Waals surface area contributed by atoms with E-state index < -0.39 is 0 Å². The van der Waals surface area contributed by atoms with Gasteiger partial charge in [0.2, 0.25) is 0 Å². The van der Waals surface area contributed by atoms with E-state index in [0.29, 0.717) is 12.6 Å². The van der Waals surface area contributed by atoms with Crippen LogP contribution in [0.5, 0.6) is 5.75 Å². The van der Waals surface area contributed by atoms with E-state index in [1.54, 1.807) is 29.3 Å². The Morgan fingerprint density at radius 2 is 2.03 bits per heavy atom. The number of hydrogen-bond donors (Lipinski definition) is 1. The van der Waals surface area contributed by atoms with Crippen molar-refractivity contribution in [1.29, 1.82) is 0 Å². The molecule has 2 heterocycles. The molecule has 2 aromatic heterocycles. The molecule has 1 aliphatic rings. The SMILES string of the molecule is COc1ccccc1Cn1cnc2sc3c(c2c1=O)CCC(NCCc1ccc(F)cc1)C3. The zero-order chi connectivity index (χ0) is 22.8. The molecule has 0 saturated heterocycles. The van der Waals surface area contributed by atoms with Crippen LogP contribution in [0.2, 0.25) is 0 Å². The lowest BCUT2D eigenvalue weighted by atomic mass is 9.93. The highest BCUT2D eigenvalue weighted by Crippen LogP contribution is 2.33. The summed E-state index contributed by atoms with van der Waals surface area (Å²) < 4.78 is 20.2. The summed E-state index contributed by atoms with van der Waals surface area (Å²) in [6, 6.07) is 14.8. The van der Waals surface area contributed by atoms with Gasteiger partial charge in [-0.1, -0.05) is 30.3 Å². The summed E-state index contributed by atoms with van der Waals surface area (Å²) in [6.07, 6.45) is 5.29. The molecule has 0 bridgehead atoms. The van der Waals surface area contributed by atoms with Crippen molar-refractivity contribution < 1.29 is 9.13 Å². The van der Waals surface area contributed by atoms with Crippen LogP contribution in [0, 0.1) is 5.82 Å². The average molecular weight is 464 g/mol. The van der Waals surface area contributed by atoms with E-state index in [-0.39, 0.29) is 11.4 Å². The lowest BCUT2D eigenvalue weighted by Crippen LogP contribution is -2.35. The molecule has 7 heteroatoms. The van der Waals surface area contributed by atoms with Crippen molar-refractivity contribution in [2.75, 3.05) is 13.7 Å². The number of benzene rings is 2. The smallest absolute Gasteiger partial charge is 0.262 e. The summed E-state index contributed by atoms with van der Waals surface area (Å²) in [5.74, 6) is 0.568. The number of halogens is 1. The van der Waals surface area contributed by atoms with E-state index in [1.165, 1.54) is 22.6 Å². The molecule has 4 aromatic rings. The highest BCUT2D eigenvalue weighted by molar-refractivity contribution is 7.18. The van der Waals surface area contributed by atoms with Gasteiger partial charge in [-0.3, -0.25) is 9.36 Å². The topological polar surface area (TPSA) is 56.2 Å². The number of aryl methyl sites for hydroxylation is 1. The number of aromatic nitrogens is 2. The van der Waals surface area contributed by atoms with Crippen molar-refractivity contribution in [3.05, 3.63) is 92.6 Å². The number of methoxy groups -OCH3 is 1. The summed E-state index contributed by atoms with van der Waals surface area (Å²) in [5, 5.41) is 4.41. The second kappa shape index (κ2) is 9.45. The maximum atomic E-state index is 13.3. The third-order valence-corrected chi connectivity index (χ3v) is 7.49. The minimum absolute atomic E-state index is 0.0196. The van der Waals surface area contributed by atoms with Crippen molar-refractivity contribution in [3.8, 4) is 5.75 Å². The van der Waals surface area contributed by atoms with E-state index in [9.17, 15) is 9.18 Å². The van der Waals surface area contributed by atoms with Crippen molar-refractivity contribution in [1.82, 2.24) is 14.9 Å². The zero-order valence-corrected chi connectivity index (χ0v) is 19.3. The Morgan fingerprint density at radius 1 is 1.21 bits per heavy atom. The number of para-hydroxylation sites is 1. The van der Waals surface area contributed by atoms with Gasteiger partial charge in [0.25, 0.3) is 5.56 Å². The molecule has 0 saturated carbocycles. The number of thiophene rings is 1. The van der Waals surface area contributed by atoms with Crippen LogP contribution in [-0.4, -0.2) is 29.2 Å². The van der Waals surface area contributed by atoms with Crippen LogP contribution in [0.4, 0.5) is 4.39 Å². The lowest BCUT2D eigenvalue weighted by Gasteiger charge is -2.23. The Morgan fingerprint density at radius 3 is 2.85 bits per heavy atom. The van der Waals surface area contributed by atoms with Gasteiger partial charge in [-0.15, -0.1) is 11.3 Å². The van der Waals surface area contributed by atoms with Crippen molar-refractivity contribution in [2.24, 2.45) is 0 Å². The van der Waals surface area contributed by atoms with E-state index in [2.05, 4.69) is 10.3 Å². The fourth-order valence-corrected chi connectivity index (χ4v) is 5.83. The first-order valence-electron chi connectivity index (χ1n) is 11.2. The fraction of sp³-hybridized carbons (Fsp3) is 0.308. The van der Waals surface area contributed by atoms with Gasteiger partial charge in [0, 0.05) is 16.5 Å². The van der Waals surface area contributed by atoms with Crippen LogP contribution in [0.25, 0.3) is 10.2 Å². The summed E-state index contributed by atoms with van der Waals surface area (Å²) in [7, 11) is 1.64. The normalized spacial score (nSPS) is 15.5. The molecule has 0 amide bonds. The third-order valence-electron chi connectivity index (χ3n) is 6.33. The molecule has 1 aliphatic carbocycles. The van der Waals surface area contributed by atoms with Gasteiger partial charge in [0.1, 0.15) is 16.4 Å². The van der Waals surface area contributed by atoms with Gasteiger partial charge in [-0.05, 0) is 61.6 Å². The molecule has 170 valence electrons. The average Bonchev–Trinajstić information content (AvgIpc) is 3.21. The van der Waals surface area contributed by atoms with E-state index in [4.69, 9.17) is 4.74 Å². The van der Waals surface area contributed by atoms with E-state index >= 15 is 0 Å². The van der Waals surface area contributed by atoms with E-state index in [0.717, 1.165) is 59.3 Å². The molecular weight excluding hydrogens is 437 g/mol. The van der Waals surface area contributed by atoms with Crippen molar-refractivity contribution in [2.45, 2.75) is 38.3 Å². The number of ether oxygens (including phenoxy) is 1. The highest BCUT2D eigenvalue weighted by Gasteiger charge is 2.25. The largest absolute Gasteiger partial charge is 0.496 e. The monoisotopic (exact) mass is 463 g/mol. The van der Waals surface area contributed by atoms with Gasteiger partial charge in [0.15, 0.2) is 0 Å². The molecule has 1 unspecified atom stereocenters. The first-order valence-corrected chi connectivity index (χ1v) is 12.0. The third kappa shape index (κ3) is 4.56. The van der Waals surface area contributed by atoms with Crippen LogP contribution >= 0.6 is 11.3 Å². The molecule has 0 aliphatic heterocycles. The molecule has 0 fully saturated rings. The van der Waals surface area contributed by atoms with Crippen LogP contribution in [-0.2, 0) is 25.8 Å². The predicted octanol–water partition coefficient (Wildman–Crippen LogP) is 4.34. The molecule has 1 atom stereocenters. The molecule has 0 radical (unpaired) electrons. The van der Waals surface area contributed by atoms with Crippen molar-refractivity contribution >= 4 is 21.6 Å². The molecule has 0 spiro atoms. The molecule has 33 heavy (non-hydrogen) atoms. The van der Waals surface area contributed by atoms with Crippen LogP contribution < -0.4 is 15.6 Å². The quantitative estimate of drug-likeness (QED) is 0.443. The number of rotatable bonds is 7. The molecule has 1 N–H and O–H groups in total. The maximum Gasteiger partial charge on any atom is 0.262 e. The van der Waals surface area contributed by atoms with Gasteiger partial charge in [0.05, 0.1) is 25.4 Å². The number of nitrogens with zero attached hydrogens (tertiary/aromatic N) is 2. The summed E-state index contributed by atoms with van der Waals surface area (Å²) in [5.41, 5.74) is 3.27. The zero-order valence-electron chi connectivity index (χ0n) is 18.5. The number of fused-ring (bicyclic) bond motifs is 3. The van der Waals surface area contributed by atoms with Crippen LogP contribution in [0.1, 0.15) is 28.0 Å². The highest BCUT2D eigenvalue weighted by atomic mass is 32.1. The Balaban J connectivity index is 1.31. The maximum absolute atomic E-state index is 13.3. The van der Waals surface area contributed by atoms with Gasteiger partial charge in [-0.25, -0.2) is 9.37 Å². The second-order valence-electron chi connectivity index (χ2n) is 8.44. The Hall–Kier alpha value is -3.03. The van der Waals surface area contributed by atoms with Gasteiger partial charge in [-0.2, -0.15) is 0 Å². The van der Waals surface area contributed by atoms with Crippen LogP contribution in [0.3, 0.4) is 0 Å². The molecule has 2 aromatic carbocycles. The first kappa shape index (κ1) is 21.8.